The van der Waals surface area contributed by atoms with E-state index in [1.807, 2.05) is 47.0 Å². The lowest BCUT2D eigenvalue weighted by Crippen LogP contribution is -2.49. The van der Waals surface area contributed by atoms with Crippen molar-refractivity contribution in [2.75, 3.05) is 31.1 Å². The van der Waals surface area contributed by atoms with E-state index in [2.05, 4.69) is 14.9 Å². The van der Waals surface area contributed by atoms with Crippen LogP contribution in [0.3, 0.4) is 0 Å². The number of carbonyl (C=O) groups excluding carboxylic acids is 1. The Balaban J connectivity index is 1.47. The molecular formula is C18H18ClN5OS. The third kappa shape index (κ3) is 3.45. The summed E-state index contributed by atoms with van der Waals surface area (Å²) in [7, 11) is 0. The van der Waals surface area contributed by atoms with E-state index in [1.165, 1.54) is 11.3 Å². The Kier molecular flexibility index (Phi) is 4.65. The quantitative estimate of drug-likeness (QED) is 0.692. The summed E-state index contributed by atoms with van der Waals surface area (Å²) < 4.78 is 2.61. The molecule has 0 aromatic carbocycles. The molecule has 1 saturated heterocycles. The van der Waals surface area contributed by atoms with Crippen LogP contribution >= 0.6 is 22.9 Å². The summed E-state index contributed by atoms with van der Waals surface area (Å²) in [4.78, 5) is 26.4. The maximum Gasteiger partial charge on any atom is 0.264 e. The third-order valence-corrected chi connectivity index (χ3v) is 5.57. The number of rotatable bonds is 3. The van der Waals surface area contributed by atoms with Crippen LogP contribution in [0.5, 0.6) is 0 Å². The Hall–Kier alpha value is -2.38. The Bertz CT molecular complexity index is 916. The van der Waals surface area contributed by atoms with Crippen molar-refractivity contribution in [1.82, 2.24) is 19.4 Å². The molecule has 0 radical (unpaired) electrons. The Morgan fingerprint density at radius 2 is 1.77 bits per heavy atom. The lowest BCUT2D eigenvalue weighted by Gasteiger charge is -2.35. The van der Waals surface area contributed by atoms with Gasteiger partial charge in [0.1, 0.15) is 17.5 Å². The number of halogens is 1. The molecule has 0 atom stereocenters. The maximum absolute atomic E-state index is 12.6. The van der Waals surface area contributed by atoms with Crippen molar-refractivity contribution in [2.45, 2.75) is 6.92 Å². The molecule has 0 bridgehead atoms. The van der Waals surface area contributed by atoms with E-state index in [-0.39, 0.29) is 5.91 Å². The summed E-state index contributed by atoms with van der Waals surface area (Å²) in [6, 6.07) is 9.49. The van der Waals surface area contributed by atoms with Gasteiger partial charge in [0.05, 0.1) is 9.21 Å². The fourth-order valence-corrected chi connectivity index (χ4v) is 4.05. The van der Waals surface area contributed by atoms with Crippen molar-refractivity contribution in [1.29, 1.82) is 0 Å². The van der Waals surface area contributed by atoms with Crippen LogP contribution in [0.1, 0.15) is 15.5 Å². The zero-order valence-electron chi connectivity index (χ0n) is 14.3. The minimum atomic E-state index is 0.0495. The third-order valence-electron chi connectivity index (χ3n) is 4.35. The van der Waals surface area contributed by atoms with E-state index < -0.39 is 0 Å². The Labute approximate surface area is 160 Å². The molecule has 0 saturated carbocycles. The van der Waals surface area contributed by atoms with Gasteiger partial charge in [-0.2, -0.15) is 0 Å². The molecule has 0 unspecified atom stereocenters. The summed E-state index contributed by atoms with van der Waals surface area (Å²) in [5.74, 6) is 2.53. The molecule has 0 N–H and O–H groups in total. The van der Waals surface area contributed by atoms with E-state index in [1.54, 1.807) is 12.1 Å². The van der Waals surface area contributed by atoms with Crippen LogP contribution in [0, 0.1) is 6.92 Å². The first-order valence-electron chi connectivity index (χ1n) is 8.39. The molecule has 0 aliphatic carbocycles. The number of nitrogens with zero attached hydrogens (tertiary/aromatic N) is 5. The normalized spacial score (nSPS) is 14.7. The molecule has 3 aromatic heterocycles. The highest BCUT2D eigenvalue weighted by atomic mass is 35.5. The van der Waals surface area contributed by atoms with E-state index in [9.17, 15) is 4.79 Å². The zero-order chi connectivity index (χ0) is 18.1. The molecule has 4 rings (SSSR count). The summed E-state index contributed by atoms with van der Waals surface area (Å²) in [6.07, 6.45) is 3.93. The Morgan fingerprint density at radius 3 is 2.42 bits per heavy atom. The summed E-state index contributed by atoms with van der Waals surface area (Å²) >= 11 is 7.27. The van der Waals surface area contributed by atoms with E-state index >= 15 is 0 Å². The number of hydrogen-bond acceptors (Lipinski definition) is 5. The van der Waals surface area contributed by atoms with Crippen molar-refractivity contribution in [3.05, 3.63) is 57.8 Å². The van der Waals surface area contributed by atoms with Gasteiger partial charge in [-0.25, -0.2) is 9.97 Å². The van der Waals surface area contributed by atoms with E-state index in [0.717, 1.165) is 30.5 Å². The summed E-state index contributed by atoms with van der Waals surface area (Å²) in [6.45, 7) is 4.71. The lowest BCUT2D eigenvalue weighted by atomic mass is 10.3. The van der Waals surface area contributed by atoms with Crippen LogP contribution in [-0.4, -0.2) is 51.5 Å². The highest BCUT2D eigenvalue weighted by Gasteiger charge is 2.24. The number of anilines is 1. The maximum atomic E-state index is 12.6. The second kappa shape index (κ2) is 7.09. The molecule has 1 aliphatic rings. The van der Waals surface area contributed by atoms with Gasteiger partial charge in [0.15, 0.2) is 0 Å². The predicted molar refractivity (Wildman–Crippen MR) is 104 cm³/mol. The second-order valence-electron chi connectivity index (χ2n) is 6.10. The number of aromatic nitrogens is 3. The van der Waals surface area contributed by atoms with Crippen molar-refractivity contribution in [2.24, 2.45) is 0 Å². The minimum Gasteiger partial charge on any atom is -0.353 e. The highest BCUT2D eigenvalue weighted by molar-refractivity contribution is 7.17. The van der Waals surface area contributed by atoms with Crippen molar-refractivity contribution < 1.29 is 4.79 Å². The number of piperazine rings is 1. The fourth-order valence-electron chi connectivity index (χ4n) is 3.04. The first-order chi connectivity index (χ1) is 12.6. The second-order valence-corrected chi connectivity index (χ2v) is 7.82. The van der Waals surface area contributed by atoms with E-state index in [0.29, 0.717) is 22.3 Å². The number of aryl methyl sites for hydroxylation is 1. The number of carbonyl (C=O) groups is 1. The van der Waals surface area contributed by atoms with Gasteiger partial charge < -0.3 is 14.4 Å². The highest BCUT2D eigenvalue weighted by Crippen LogP contribution is 2.24. The van der Waals surface area contributed by atoms with Crippen molar-refractivity contribution in [3.8, 4) is 5.82 Å². The molecule has 0 spiro atoms. The standard InChI is InChI=1S/C18H18ClN5OS/c1-13-20-16(22-6-2-3-7-22)12-17(21-13)23-8-10-24(11-9-23)18(25)14-4-5-15(19)26-14/h2-7,12H,8-11H2,1H3. The molecule has 1 fully saturated rings. The molecule has 26 heavy (non-hydrogen) atoms. The molecule has 1 aliphatic heterocycles. The van der Waals surface area contributed by atoms with Gasteiger partial charge in [0, 0.05) is 44.6 Å². The number of thiophene rings is 1. The minimum absolute atomic E-state index is 0.0495. The van der Waals surface area contributed by atoms with Gasteiger partial charge >= 0.3 is 0 Å². The summed E-state index contributed by atoms with van der Waals surface area (Å²) in [5.41, 5.74) is 0. The Morgan fingerprint density at radius 1 is 1.08 bits per heavy atom. The SMILES string of the molecule is Cc1nc(N2CCN(C(=O)c3ccc(Cl)s3)CC2)cc(-n2cccc2)n1. The predicted octanol–water partition coefficient (Wildman–Crippen LogP) is 3.25. The van der Waals surface area contributed by atoms with Gasteiger partial charge in [-0.1, -0.05) is 11.6 Å². The summed E-state index contributed by atoms with van der Waals surface area (Å²) in [5, 5.41) is 0. The smallest absolute Gasteiger partial charge is 0.264 e. The van der Waals surface area contributed by atoms with Gasteiger partial charge in [0.2, 0.25) is 0 Å². The van der Waals surface area contributed by atoms with Crippen LogP contribution in [0.25, 0.3) is 5.82 Å². The van der Waals surface area contributed by atoms with Gasteiger partial charge in [0.25, 0.3) is 5.91 Å². The molecule has 134 valence electrons. The van der Waals surface area contributed by atoms with Crippen molar-refractivity contribution in [3.63, 3.8) is 0 Å². The van der Waals surface area contributed by atoms with Crippen LogP contribution in [0.4, 0.5) is 5.82 Å². The average Bonchev–Trinajstić information content (AvgIpc) is 3.32. The molecule has 1 amide bonds. The van der Waals surface area contributed by atoms with Crippen LogP contribution < -0.4 is 4.90 Å². The van der Waals surface area contributed by atoms with Crippen molar-refractivity contribution >= 4 is 34.7 Å². The molecule has 6 nitrogen and oxygen atoms in total. The van der Waals surface area contributed by atoms with Crippen LogP contribution in [0.15, 0.2) is 42.7 Å². The monoisotopic (exact) mass is 387 g/mol. The van der Waals surface area contributed by atoms with Gasteiger partial charge in [-0.3, -0.25) is 4.79 Å². The largest absolute Gasteiger partial charge is 0.353 e. The molecule has 3 aromatic rings. The first kappa shape index (κ1) is 17.1. The number of hydrogen-bond donors (Lipinski definition) is 0. The molecule has 4 heterocycles. The lowest BCUT2D eigenvalue weighted by molar-refractivity contribution is 0.0751. The van der Waals surface area contributed by atoms with Crippen LogP contribution in [-0.2, 0) is 0 Å². The van der Waals surface area contributed by atoms with Gasteiger partial charge in [-0.05, 0) is 31.2 Å². The van der Waals surface area contributed by atoms with E-state index in [4.69, 9.17) is 11.6 Å². The molecular weight excluding hydrogens is 370 g/mol. The first-order valence-corrected chi connectivity index (χ1v) is 9.58. The topological polar surface area (TPSA) is 54.3 Å². The zero-order valence-corrected chi connectivity index (χ0v) is 15.9. The molecule has 8 heteroatoms. The fraction of sp³-hybridized carbons (Fsp3) is 0.278. The van der Waals surface area contributed by atoms with Crippen LogP contribution in [0.2, 0.25) is 4.34 Å². The average molecular weight is 388 g/mol. The van der Waals surface area contributed by atoms with Gasteiger partial charge in [-0.15, -0.1) is 11.3 Å². The number of amides is 1.